The minimum Gasteiger partial charge on any atom is -0.550 e. The number of nitro benzene ring substituents is 1. The zero-order valence-corrected chi connectivity index (χ0v) is 17.3. The van der Waals surface area contributed by atoms with Gasteiger partial charge >= 0.3 is 0 Å². The first-order valence-electron chi connectivity index (χ1n) is 8.76. The van der Waals surface area contributed by atoms with Crippen molar-refractivity contribution in [3.8, 4) is 5.75 Å². The van der Waals surface area contributed by atoms with Crippen LogP contribution in [-0.4, -0.2) is 33.4 Å². The fourth-order valence-corrected chi connectivity index (χ4v) is 3.63. The molecule has 1 heterocycles. The fourth-order valence-electron chi connectivity index (χ4n) is 2.53. The summed E-state index contributed by atoms with van der Waals surface area (Å²) in [5, 5.41) is 31.6. The second kappa shape index (κ2) is 10.0. The largest absolute Gasteiger partial charge is 0.550 e. The van der Waals surface area contributed by atoms with Crippen LogP contribution >= 0.6 is 23.4 Å². The van der Waals surface area contributed by atoms with Crippen molar-refractivity contribution in [1.82, 2.24) is 5.32 Å². The summed E-state index contributed by atoms with van der Waals surface area (Å²) >= 11 is 7.02. The number of carboxylic acid groups (broad SMARTS) is 1. The molecule has 0 aliphatic carbocycles. The van der Waals surface area contributed by atoms with Crippen LogP contribution in [0.25, 0.3) is 0 Å². The Hall–Kier alpha value is -3.44. The number of hydrogen-bond donors (Lipinski definition) is 1. The number of carbonyl (C=O) groups excluding carboxylic acids is 2. The summed E-state index contributed by atoms with van der Waals surface area (Å²) in [5.74, 6) is -1.55. The predicted octanol–water partition coefficient (Wildman–Crippen LogP) is 1.89. The lowest BCUT2D eigenvalue weighted by Crippen LogP contribution is -2.31. The topological polar surface area (TPSA) is 146 Å². The van der Waals surface area contributed by atoms with Gasteiger partial charge in [0.05, 0.1) is 16.4 Å². The van der Waals surface area contributed by atoms with Gasteiger partial charge in [-0.05, 0) is 12.1 Å². The smallest absolute Gasteiger partial charge is 0.270 e. The Bertz CT molecular complexity index is 1090. The van der Waals surface area contributed by atoms with Gasteiger partial charge in [0, 0.05) is 40.7 Å². The Morgan fingerprint density at radius 3 is 2.81 bits per heavy atom. The molecule has 1 aliphatic rings. The van der Waals surface area contributed by atoms with E-state index < -0.39 is 28.5 Å². The summed E-state index contributed by atoms with van der Waals surface area (Å²) in [7, 11) is 0. The quantitative estimate of drug-likeness (QED) is 0.358. The third kappa shape index (κ3) is 6.03. The molecule has 31 heavy (non-hydrogen) atoms. The predicted molar refractivity (Wildman–Crippen MR) is 113 cm³/mol. The molecule has 0 saturated carbocycles. The van der Waals surface area contributed by atoms with Crippen LogP contribution in [0.2, 0.25) is 5.02 Å². The van der Waals surface area contributed by atoms with Crippen molar-refractivity contribution in [3.05, 3.63) is 68.7 Å². The van der Waals surface area contributed by atoms with E-state index >= 15 is 0 Å². The lowest BCUT2D eigenvalue weighted by atomic mass is 10.2. The van der Waals surface area contributed by atoms with Gasteiger partial charge in [-0.15, -0.1) is 5.10 Å². The average Bonchev–Trinajstić information content (AvgIpc) is 3.06. The van der Waals surface area contributed by atoms with Gasteiger partial charge in [0.25, 0.3) is 5.69 Å². The first-order chi connectivity index (χ1) is 14.8. The van der Waals surface area contributed by atoms with E-state index in [1.54, 1.807) is 24.3 Å². The maximum absolute atomic E-state index is 11.7. The van der Waals surface area contributed by atoms with Gasteiger partial charge in [-0.1, -0.05) is 41.6 Å². The number of amides is 1. The van der Waals surface area contributed by atoms with Gasteiger partial charge in [-0.25, -0.2) is 0 Å². The molecule has 12 heteroatoms. The molecular formula is C19H14ClN4O6S-. The zero-order valence-electron chi connectivity index (χ0n) is 15.7. The summed E-state index contributed by atoms with van der Waals surface area (Å²) in [5.41, 5.74) is 0.845. The van der Waals surface area contributed by atoms with Crippen LogP contribution in [0.15, 0.2) is 52.7 Å². The maximum atomic E-state index is 11.7. The van der Waals surface area contributed by atoms with E-state index in [9.17, 15) is 24.8 Å². The number of nitro groups is 1. The molecule has 1 atom stereocenters. The highest BCUT2D eigenvalue weighted by molar-refractivity contribution is 8.15. The minimum absolute atomic E-state index is 0.108. The first-order valence-corrected chi connectivity index (χ1v) is 10.0. The van der Waals surface area contributed by atoms with E-state index in [0.29, 0.717) is 10.8 Å². The zero-order chi connectivity index (χ0) is 22.4. The number of nitrogens with zero attached hydrogens (tertiary/aromatic N) is 3. The van der Waals surface area contributed by atoms with Crippen molar-refractivity contribution >= 4 is 52.3 Å². The number of benzene rings is 2. The van der Waals surface area contributed by atoms with E-state index in [1.807, 2.05) is 0 Å². The molecule has 1 fully saturated rings. The molecule has 160 valence electrons. The lowest BCUT2D eigenvalue weighted by Gasteiger charge is -2.10. The second-order valence-corrected chi connectivity index (χ2v) is 7.78. The SMILES string of the molecule is O=C([O-])CC1S/C(=N/N=Cc2cc([N+](=O)[O-])ccc2OCc2ccccc2Cl)NC1=O. The highest BCUT2D eigenvalue weighted by atomic mass is 35.5. The van der Waals surface area contributed by atoms with Crippen LogP contribution in [0.4, 0.5) is 5.69 Å². The van der Waals surface area contributed by atoms with Crippen molar-refractivity contribution in [2.75, 3.05) is 0 Å². The molecule has 0 bridgehead atoms. The third-order valence-corrected chi connectivity index (χ3v) is 5.46. The van der Waals surface area contributed by atoms with Gasteiger partial charge in [0.15, 0.2) is 5.17 Å². The van der Waals surface area contributed by atoms with Crippen molar-refractivity contribution in [1.29, 1.82) is 0 Å². The number of non-ortho nitro benzene ring substituents is 1. The molecule has 2 aromatic rings. The number of carboxylic acids is 1. The lowest BCUT2D eigenvalue weighted by molar-refractivity contribution is -0.384. The van der Waals surface area contributed by atoms with Crippen LogP contribution in [0, 0.1) is 10.1 Å². The van der Waals surface area contributed by atoms with Crippen LogP contribution in [0.5, 0.6) is 5.75 Å². The average molecular weight is 462 g/mol. The maximum Gasteiger partial charge on any atom is 0.270 e. The number of rotatable bonds is 8. The Morgan fingerprint density at radius 2 is 2.10 bits per heavy atom. The van der Waals surface area contributed by atoms with Crippen LogP contribution < -0.4 is 15.2 Å². The van der Waals surface area contributed by atoms with Gasteiger partial charge in [-0.2, -0.15) is 5.10 Å². The molecule has 2 aromatic carbocycles. The van der Waals surface area contributed by atoms with Crippen molar-refractivity contribution in [2.45, 2.75) is 18.3 Å². The Labute approximate surface area is 185 Å². The molecule has 1 saturated heterocycles. The number of hydrogen-bond acceptors (Lipinski definition) is 9. The summed E-state index contributed by atoms with van der Waals surface area (Å²) in [6.07, 6.45) is 0.783. The summed E-state index contributed by atoms with van der Waals surface area (Å²) in [6.45, 7) is 0.129. The molecule has 1 amide bonds. The number of halogens is 1. The summed E-state index contributed by atoms with van der Waals surface area (Å²) in [6, 6.07) is 11.1. The van der Waals surface area contributed by atoms with Gasteiger partial charge < -0.3 is 20.0 Å². The van der Waals surface area contributed by atoms with Crippen LogP contribution in [-0.2, 0) is 16.2 Å². The first kappa shape index (κ1) is 22.2. The Balaban J connectivity index is 1.77. The van der Waals surface area contributed by atoms with Gasteiger partial charge in [0.2, 0.25) is 5.91 Å². The summed E-state index contributed by atoms with van der Waals surface area (Å²) in [4.78, 5) is 32.9. The second-order valence-electron chi connectivity index (χ2n) is 6.18. The van der Waals surface area contributed by atoms with Crippen molar-refractivity contribution in [3.63, 3.8) is 0 Å². The number of aliphatic carboxylic acids is 1. The molecule has 1 unspecified atom stereocenters. The molecule has 1 aliphatic heterocycles. The minimum atomic E-state index is -1.35. The van der Waals surface area contributed by atoms with E-state index in [4.69, 9.17) is 16.3 Å². The summed E-state index contributed by atoms with van der Waals surface area (Å²) < 4.78 is 5.75. The van der Waals surface area contributed by atoms with Gasteiger partial charge in [0.1, 0.15) is 12.4 Å². The number of ether oxygens (including phenoxy) is 1. The molecular weight excluding hydrogens is 448 g/mol. The Morgan fingerprint density at radius 1 is 1.32 bits per heavy atom. The van der Waals surface area contributed by atoms with Crippen molar-refractivity contribution in [2.24, 2.45) is 10.2 Å². The monoisotopic (exact) mass is 461 g/mol. The number of thioether (sulfide) groups is 1. The van der Waals surface area contributed by atoms with Crippen molar-refractivity contribution < 1.29 is 24.4 Å². The van der Waals surface area contributed by atoms with Gasteiger partial charge in [-0.3, -0.25) is 14.9 Å². The fraction of sp³-hybridized carbons (Fsp3) is 0.158. The molecule has 1 N–H and O–H groups in total. The normalized spacial score (nSPS) is 17.1. The highest BCUT2D eigenvalue weighted by Gasteiger charge is 2.30. The number of carbonyl (C=O) groups is 2. The van der Waals surface area contributed by atoms with Crippen LogP contribution in [0.3, 0.4) is 0 Å². The molecule has 0 radical (unpaired) electrons. The Kier molecular flexibility index (Phi) is 7.21. The standard InChI is InChI=1S/C19H15ClN4O6S/c20-14-4-2-1-3-11(14)10-30-15-6-5-13(24(28)29)7-12(15)9-21-23-19-22-18(27)16(31-19)8-17(25)26/h1-7,9,16H,8,10H2,(H,25,26)(H,22,23,27)/p-1. The van der Waals surface area contributed by atoms with E-state index in [2.05, 4.69) is 15.5 Å². The molecule has 0 aromatic heterocycles. The highest BCUT2D eigenvalue weighted by Crippen LogP contribution is 2.26. The molecule has 0 spiro atoms. The van der Waals surface area contributed by atoms with Crippen LogP contribution in [0.1, 0.15) is 17.5 Å². The van der Waals surface area contributed by atoms with E-state index in [1.165, 1.54) is 24.4 Å². The van der Waals surface area contributed by atoms with E-state index in [-0.39, 0.29) is 23.0 Å². The van der Waals surface area contributed by atoms with E-state index in [0.717, 1.165) is 17.3 Å². The number of amidine groups is 1. The molecule has 10 nitrogen and oxygen atoms in total. The number of nitrogens with one attached hydrogen (secondary N) is 1. The molecule has 3 rings (SSSR count). The third-order valence-electron chi connectivity index (χ3n) is 4.02.